The van der Waals surface area contributed by atoms with Gasteiger partial charge in [0.15, 0.2) is 0 Å². The molecule has 3 fully saturated rings. The van der Waals surface area contributed by atoms with Crippen LogP contribution in [0.3, 0.4) is 0 Å². The summed E-state index contributed by atoms with van der Waals surface area (Å²) >= 11 is 0. The lowest BCUT2D eigenvalue weighted by Crippen LogP contribution is -2.52. The van der Waals surface area contributed by atoms with Crippen molar-refractivity contribution in [1.82, 2.24) is 29.7 Å². The zero-order valence-electron chi connectivity index (χ0n) is 23.7. The Morgan fingerprint density at radius 3 is 2.40 bits per heavy atom. The van der Waals surface area contributed by atoms with Crippen molar-refractivity contribution < 1.29 is 18.0 Å². The van der Waals surface area contributed by atoms with Gasteiger partial charge in [0.25, 0.3) is 5.91 Å². The molecular formula is C30H37F3N8O. The number of likely N-dealkylation sites (tertiary alicyclic amines) is 1. The van der Waals surface area contributed by atoms with Crippen LogP contribution in [0.1, 0.15) is 68.3 Å². The molecule has 1 saturated carbocycles. The van der Waals surface area contributed by atoms with Gasteiger partial charge in [-0.05, 0) is 69.8 Å². The minimum atomic E-state index is -4.07. The van der Waals surface area contributed by atoms with Gasteiger partial charge in [0.05, 0.1) is 23.3 Å². The zero-order valence-corrected chi connectivity index (χ0v) is 23.7. The van der Waals surface area contributed by atoms with Gasteiger partial charge >= 0.3 is 6.18 Å². The molecule has 6 heterocycles. The fourth-order valence-electron chi connectivity index (χ4n) is 7.56. The van der Waals surface area contributed by atoms with Gasteiger partial charge in [-0.2, -0.15) is 18.2 Å². The second-order valence-electron chi connectivity index (χ2n) is 12.4. The summed E-state index contributed by atoms with van der Waals surface area (Å²) in [6.45, 7) is 3.40. The van der Waals surface area contributed by atoms with Crippen molar-refractivity contribution in [1.29, 1.82) is 0 Å². The van der Waals surface area contributed by atoms with Gasteiger partial charge in [-0.15, -0.1) is 0 Å². The minimum Gasteiger partial charge on any atom is -0.370 e. The van der Waals surface area contributed by atoms with Crippen LogP contribution in [0.15, 0.2) is 30.6 Å². The van der Waals surface area contributed by atoms with Crippen molar-refractivity contribution in [2.75, 3.05) is 42.9 Å². The number of piperidine rings is 2. The molecule has 0 aromatic carbocycles. The van der Waals surface area contributed by atoms with E-state index in [4.69, 9.17) is 4.98 Å². The van der Waals surface area contributed by atoms with Gasteiger partial charge in [0.2, 0.25) is 5.95 Å². The molecule has 42 heavy (non-hydrogen) atoms. The predicted molar refractivity (Wildman–Crippen MR) is 154 cm³/mol. The van der Waals surface area contributed by atoms with Gasteiger partial charge in [-0.25, -0.2) is 9.97 Å². The first-order valence-corrected chi connectivity index (χ1v) is 15.3. The number of anilines is 3. The van der Waals surface area contributed by atoms with Gasteiger partial charge < -0.3 is 25.0 Å². The number of fused-ring (bicyclic) bond motifs is 4. The fraction of sp³-hybridized carbons (Fsp3) is 0.600. The molecule has 1 aliphatic carbocycles. The van der Waals surface area contributed by atoms with Crippen LogP contribution in [0.25, 0.3) is 11.0 Å². The molecule has 1 amide bonds. The number of pyridine rings is 1. The van der Waals surface area contributed by atoms with Crippen molar-refractivity contribution in [3.8, 4) is 0 Å². The van der Waals surface area contributed by atoms with Crippen LogP contribution in [-0.4, -0.2) is 75.3 Å². The molecule has 2 N–H and O–H groups in total. The Morgan fingerprint density at radius 2 is 1.71 bits per heavy atom. The van der Waals surface area contributed by atoms with E-state index in [0.29, 0.717) is 43.1 Å². The summed E-state index contributed by atoms with van der Waals surface area (Å²) in [7, 11) is 0. The molecule has 1 spiro atoms. The van der Waals surface area contributed by atoms with E-state index < -0.39 is 12.1 Å². The molecule has 7 rings (SSSR count). The fourth-order valence-corrected chi connectivity index (χ4v) is 7.56. The van der Waals surface area contributed by atoms with E-state index >= 15 is 0 Å². The van der Waals surface area contributed by atoms with Crippen LogP contribution in [-0.2, 0) is 5.54 Å². The van der Waals surface area contributed by atoms with E-state index in [1.807, 2.05) is 24.4 Å². The molecule has 3 aromatic heterocycles. The highest BCUT2D eigenvalue weighted by molar-refractivity contribution is 5.99. The third-order valence-electron chi connectivity index (χ3n) is 9.94. The first-order valence-electron chi connectivity index (χ1n) is 15.3. The summed E-state index contributed by atoms with van der Waals surface area (Å²) in [6, 6.07) is 6.18. The largest absolute Gasteiger partial charge is 0.391 e. The number of rotatable bonds is 4. The molecule has 3 aromatic rings. The highest BCUT2D eigenvalue weighted by atomic mass is 19.4. The zero-order chi connectivity index (χ0) is 28.9. The molecule has 2 saturated heterocycles. The number of carbonyl (C=O) groups is 1. The van der Waals surface area contributed by atoms with Crippen molar-refractivity contribution in [2.45, 2.75) is 75.5 Å². The quantitative estimate of drug-likeness (QED) is 0.436. The summed E-state index contributed by atoms with van der Waals surface area (Å²) in [5.74, 6) is -0.138. The van der Waals surface area contributed by atoms with Crippen LogP contribution in [0, 0.1) is 5.92 Å². The normalized spacial score (nSPS) is 22.4. The third kappa shape index (κ3) is 5.07. The number of carbonyl (C=O) groups excluding carboxylic acids is 1. The number of nitrogens with one attached hydrogen (secondary N) is 2. The Balaban J connectivity index is 1.00. The van der Waals surface area contributed by atoms with Crippen LogP contribution < -0.4 is 15.5 Å². The van der Waals surface area contributed by atoms with E-state index in [1.165, 1.54) is 6.42 Å². The Bertz CT molecular complexity index is 1430. The molecule has 12 heteroatoms. The van der Waals surface area contributed by atoms with Gasteiger partial charge in [0.1, 0.15) is 17.2 Å². The van der Waals surface area contributed by atoms with E-state index in [-0.39, 0.29) is 24.3 Å². The number of amides is 1. The second kappa shape index (κ2) is 10.7. The molecule has 0 bridgehead atoms. The van der Waals surface area contributed by atoms with Crippen molar-refractivity contribution in [2.24, 2.45) is 5.92 Å². The number of hydrogen-bond donors (Lipinski definition) is 2. The number of halogens is 3. The first kappa shape index (κ1) is 27.4. The van der Waals surface area contributed by atoms with Crippen LogP contribution in [0.5, 0.6) is 0 Å². The van der Waals surface area contributed by atoms with Crippen molar-refractivity contribution in [3.63, 3.8) is 0 Å². The Hall–Kier alpha value is -3.41. The SMILES string of the molecule is O=C1NCC2(CCCCC2)n2c1cc1cnc(Nc3ccc(N4CCC(N5CCC(C(F)(F)F)CC5)CC4)cn3)nc12. The maximum absolute atomic E-state index is 13.0. The predicted octanol–water partition coefficient (Wildman–Crippen LogP) is 5.22. The molecule has 4 aliphatic rings. The molecular weight excluding hydrogens is 545 g/mol. The standard InChI is InChI=1S/C30H37F3N8O/c31-30(32,33)21-6-12-39(13-7-21)22-8-14-40(15-9-22)23-4-5-25(34-18-23)37-28-35-17-20-16-24-27(42)36-19-29(10-2-1-3-11-29)41(24)26(20)38-28/h4-5,16-18,21-22H,1-3,6-15,19H2,(H,36,42)(H,34,35,37,38). The average molecular weight is 583 g/mol. The Labute approximate surface area is 242 Å². The number of aromatic nitrogens is 4. The lowest BCUT2D eigenvalue weighted by Gasteiger charge is -2.42. The van der Waals surface area contributed by atoms with E-state index in [1.54, 1.807) is 6.20 Å². The molecule has 0 atom stereocenters. The van der Waals surface area contributed by atoms with E-state index in [0.717, 1.165) is 68.3 Å². The van der Waals surface area contributed by atoms with Crippen molar-refractivity contribution in [3.05, 3.63) is 36.3 Å². The van der Waals surface area contributed by atoms with Crippen LogP contribution in [0.2, 0.25) is 0 Å². The molecule has 0 unspecified atom stereocenters. The summed E-state index contributed by atoms with van der Waals surface area (Å²) in [5.41, 5.74) is 2.32. The summed E-state index contributed by atoms with van der Waals surface area (Å²) in [6.07, 6.45) is 7.37. The molecule has 9 nitrogen and oxygen atoms in total. The average Bonchev–Trinajstić information content (AvgIpc) is 3.41. The van der Waals surface area contributed by atoms with E-state index in [9.17, 15) is 18.0 Å². The second-order valence-corrected chi connectivity index (χ2v) is 12.4. The summed E-state index contributed by atoms with van der Waals surface area (Å²) in [5, 5.41) is 7.19. The highest BCUT2D eigenvalue weighted by Gasteiger charge is 2.43. The number of hydrogen-bond acceptors (Lipinski definition) is 7. The molecule has 3 aliphatic heterocycles. The minimum absolute atomic E-state index is 0.0639. The lowest BCUT2D eigenvalue weighted by atomic mass is 9.80. The topological polar surface area (TPSA) is 91.2 Å². The molecule has 0 radical (unpaired) electrons. The maximum atomic E-state index is 13.0. The van der Waals surface area contributed by atoms with Crippen LogP contribution >= 0.6 is 0 Å². The maximum Gasteiger partial charge on any atom is 0.391 e. The monoisotopic (exact) mass is 582 g/mol. The lowest BCUT2D eigenvalue weighted by molar-refractivity contribution is -0.186. The Kier molecular flexibility index (Phi) is 6.99. The van der Waals surface area contributed by atoms with Gasteiger partial charge in [-0.3, -0.25) is 4.79 Å². The van der Waals surface area contributed by atoms with Gasteiger partial charge in [-0.1, -0.05) is 19.3 Å². The van der Waals surface area contributed by atoms with E-state index in [2.05, 4.69) is 35.0 Å². The molecule has 224 valence electrons. The highest BCUT2D eigenvalue weighted by Crippen LogP contribution is 2.40. The van der Waals surface area contributed by atoms with Crippen molar-refractivity contribution >= 4 is 34.4 Å². The number of alkyl halides is 3. The van der Waals surface area contributed by atoms with Gasteiger partial charge in [0, 0.05) is 37.3 Å². The van der Waals surface area contributed by atoms with Crippen LogP contribution in [0.4, 0.5) is 30.6 Å². The Morgan fingerprint density at radius 1 is 0.952 bits per heavy atom. The smallest absolute Gasteiger partial charge is 0.370 e. The summed E-state index contributed by atoms with van der Waals surface area (Å²) in [4.78, 5) is 31.2. The third-order valence-corrected chi connectivity index (χ3v) is 9.94. The first-order chi connectivity index (χ1) is 20.3. The summed E-state index contributed by atoms with van der Waals surface area (Å²) < 4.78 is 41.3. The number of nitrogens with zero attached hydrogens (tertiary/aromatic N) is 6.